The van der Waals surface area contributed by atoms with Gasteiger partial charge in [0.15, 0.2) is 0 Å². The van der Waals surface area contributed by atoms with E-state index in [1.807, 2.05) is 0 Å². The number of halogens is 3. The van der Waals surface area contributed by atoms with Gasteiger partial charge in [0.05, 0.1) is 5.69 Å². The van der Waals surface area contributed by atoms with Crippen molar-refractivity contribution in [1.29, 1.82) is 0 Å². The van der Waals surface area contributed by atoms with Crippen LogP contribution in [0.1, 0.15) is 24.4 Å². The van der Waals surface area contributed by atoms with Gasteiger partial charge in [0.2, 0.25) is 0 Å². The lowest BCUT2D eigenvalue weighted by molar-refractivity contribution is -0.128. The van der Waals surface area contributed by atoms with Gasteiger partial charge in [-0.05, 0) is 18.9 Å². The molecule has 1 aromatic heterocycles. The number of rotatable bonds is 4. The molecule has 16 heavy (non-hydrogen) atoms. The molecular weight excluding hydrogens is 219 g/mol. The molecule has 1 aromatic rings. The summed E-state index contributed by atoms with van der Waals surface area (Å²) in [6, 6.07) is 2.15. The van der Waals surface area contributed by atoms with E-state index in [0.29, 0.717) is 18.3 Å². The van der Waals surface area contributed by atoms with Gasteiger partial charge in [0, 0.05) is 18.8 Å². The van der Waals surface area contributed by atoms with Crippen molar-refractivity contribution in [2.45, 2.75) is 38.0 Å². The summed E-state index contributed by atoms with van der Waals surface area (Å²) in [4.78, 5) is 7.47. The fourth-order valence-electron chi connectivity index (χ4n) is 1.34. The highest BCUT2D eigenvalue weighted by atomic mass is 19.4. The molecule has 1 aliphatic carbocycles. The molecule has 0 saturated heterocycles. The molecule has 88 valence electrons. The topological polar surface area (TPSA) is 37.8 Å². The Bertz CT molecular complexity index is 361. The fourth-order valence-corrected chi connectivity index (χ4v) is 1.34. The first-order valence-electron chi connectivity index (χ1n) is 5.14. The van der Waals surface area contributed by atoms with Gasteiger partial charge in [-0.1, -0.05) is 0 Å². The minimum Gasteiger partial charge on any atom is -0.308 e. The Kier molecular flexibility index (Phi) is 3.09. The molecule has 1 N–H and O–H groups in total. The maximum atomic E-state index is 12.1. The summed E-state index contributed by atoms with van der Waals surface area (Å²) in [7, 11) is 0. The van der Waals surface area contributed by atoms with E-state index in [2.05, 4.69) is 15.3 Å². The van der Waals surface area contributed by atoms with Crippen molar-refractivity contribution in [3.8, 4) is 0 Å². The highest BCUT2D eigenvalue weighted by molar-refractivity contribution is 5.03. The van der Waals surface area contributed by atoms with Crippen LogP contribution in [-0.4, -0.2) is 22.2 Å². The Hall–Kier alpha value is -1.17. The van der Waals surface area contributed by atoms with Crippen molar-refractivity contribution in [1.82, 2.24) is 15.3 Å². The summed E-state index contributed by atoms with van der Waals surface area (Å²) >= 11 is 0. The van der Waals surface area contributed by atoms with Crippen molar-refractivity contribution < 1.29 is 13.2 Å². The Balaban J connectivity index is 1.95. The largest absolute Gasteiger partial charge is 0.396 e. The zero-order valence-corrected chi connectivity index (χ0v) is 8.59. The van der Waals surface area contributed by atoms with E-state index in [-0.39, 0.29) is 5.82 Å². The van der Waals surface area contributed by atoms with E-state index in [1.54, 1.807) is 6.07 Å². The lowest BCUT2D eigenvalue weighted by Gasteiger charge is -2.06. The fraction of sp³-hybridized carbons (Fsp3) is 0.600. The molecule has 0 unspecified atom stereocenters. The molecule has 0 spiro atoms. The monoisotopic (exact) mass is 231 g/mol. The van der Waals surface area contributed by atoms with E-state index < -0.39 is 12.6 Å². The third-order valence-corrected chi connectivity index (χ3v) is 2.27. The maximum Gasteiger partial charge on any atom is 0.396 e. The van der Waals surface area contributed by atoms with Gasteiger partial charge in [0.1, 0.15) is 12.2 Å². The van der Waals surface area contributed by atoms with Crippen LogP contribution in [0.4, 0.5) is 13.2 Å². The van der Waals surface area contributed by atoms with Crippen LogP contribution in [0.25, 0.3) is 0 Å². The van der Waals surface area contributed by atoms with Crippen LogP contribution in [0.2, 0.25) is 0 Å². The number of hydrogen-bond acceptors (Lipinski definition) is 3. The number of aromatic nitrogens is 2. The molecule has 2 rings (SSSR count). The second-order valence-corrected chi connectivity index (χ2v) is 3.91. The van der Waals surface area contributed by atoms with Crippen LogP contribution in [0.3, 0.4) is 0 Å². The molecule has 0 atom stereocenters. The Morgan fingerprint density at radius 3 is 2.75 bits per heavy atom. The third-order valence-electron chi connectivity index (χ3n) is 2.27. The number of nitrogens with one attached hydrogen (secondary N) is 1. The Morgan fingerprint density at radius 2 is 2.12 bits per heavy atom. The summed E-state index contributed by atoms with van der Waals surface area (Å²) in [6.07, 6.45) is -1.66. The summed E-state index contributed by atoms with van der Waals surface area (Å²) in [6.45, 7) is 0.512. The first-order valence-corrected chi connectivity index (χ1v) is 5.14. The standard InChI is InChI=1S/C10H12F3N3/c11-10(12,13)5-9-14-4-3-8(16-9)6-15-7-1-2-7/h3-4,7,15H,1-2,5-6H2. The average molecular weight is 231 g/mol. The predicted molar refractivity (Wildman–Crippen MR) is 51.7 cm³/mol. The zero-order chi connectivity index (χ0) is 11.6. The third kappa shape index (κ3) is 3.77. The summed E-state index contributed by atoms with van der Waals surface area (Å²) < 4.78 is 36.3. The van der Waals surface area contributed by atoms with E-state index in [4.69, 9.17) is 0 Å². The van der Waals surface area contributed by atoms with Crippen LogP contribution in [0, 0.1) is 0 Å². The summed E-state index contributed by atoms with van der Waals surface area (Å²) in [5, 5.41) is 3.19. The predicted octanol–water partition coefficient (Wildman–Crippen LogP) is 1.83. The van der Waals surface area contributed by atoms with Crippen molar-refractivity contribution >= 4 is 0 Å². The first-order chi connectivity index (χ1) is 7.53. The van der Waals surface area contributed by atoms with Gasteiger partial charge in [-0.2, -0.15) is 13.2 Å². The lowest BCUT2D eigenvalue weighted by atomic mass is 10.3. The molecule has 3 nitrogen and oxygen atoms in total. The molecule has 1 aliphatic rings. The van der Waals surface area contributed by atoms with Crippen LogP contribution >= 0.6 is 0 Å². The minimum atomic E-state index is -4.25. The molecule has 1 fully saturated rings. The van der Waals surface area contributed by atoms with Crippen molar-refractivity contribution in [2.75, 3.05) is 0 Å². The second kappa shape index (κ2) is 4.37. The number of nitrogens with zero attached hydrogens (tertiary/aromatic N) is 2. The molecule has 0 bridgehead atoms. The van der Waals surface area contributed by atoms with Gasteiger partial charge < -0.3 is 5.32 Å². The van der Waals surface area contributed by atoms with Crippen LogP contribution in [0.15, 0.2) is 12.3 Å². The van der Waals surface area contributed by atoms with Crippen LogP contribution in [0.5, 0.6) is 0 Å². The highest BCUT2D eigenvalue weighted by Gasteiger charge is 2.29. The summed E-state index contributed by atoms with van der Waals surface area (Å²) in [5.41, 5.74) is 0.612. The van der Waals surface area contributed by atoms with E-state index in [0.717, 1.165) is 12.8 Å². The smallest absolute Gasteiger partial charge is 0.308 e. The molecule has 0 amide bonds. The molecule has 1 saturated carbocycles. The second-order valence-electron chi connectivity index (χ2n) is 3.91. The van der Waals surface area contributed by atoms with E-state index in [9.17, 15) is 13.2 Å². The van der Waals surface area contributed by atoms with Crippen molar-refractivity contribution in [2.24, 2.45) is 0 Å². The van der Waals surface area contributed by atoms with Crippen LogP contribution in [-0.2, 0) is 13.0 Å². The highest BCUT2D eigenvalue weighted by Crippen LogP contribution is 2.20. The normalized spacial score (nSPS) is 16.4. The van der Waals surface area contributed by atoms with Gasteiger partial charge in [0.25, 0.3) is 0 Å². The van der Waals surface area contributed by atoms with E-state index in [1.165, 1.54) is 6.20 Å². The SMILES string of the molecule is FC(F)(F)Cc1nccc(CNC2CC2)n1. The maximum absolute atomic E-state index is 12.1. The Labute approximate surface area is 91.1 Å². The molecule has 6 heteroatoms. The zero-order valence-electron chi connectivity index (χ0n) is 8.59. The molecule has 1 heterocycles. The molecule has 0 radical (unpaired) electrons. The molecular formula is C10H12F3N3. The van der Waals surface area contributed by atoms with E-state index >= 15 is 0 Å². The average Bonchev–Trinajstić information content (AvgIpc) is 2.96. The van der Waals surface area contributed by atoms with Crippen LogP contribution < -0.4 is 5.32 Å². The van der Waals surface area contributed by atoms with Gasteiger partial charge >= 0.3 is 6.18 Å². The first kappa shape index (κ1) is 11.3. The lowest BCUT2D eigenvalue weighted by Crippen LogP contribution is -2.18. The Morgan fingerprint density at radius 1 is 1.38 bits per heavy atom. The van der Waals surface area contributed by atoms with Gasteiger partial charge in [-0.3, -0.25) is 0 Å². The summed E-state index contributed by atoms with van der Waals surface area (Å²) in [5.74, 6) is -0.164. The van der Waals surface area contributed by atoms with Gasteiger partial charge in [-0.25, -0.2) is 9.97 Å². The molecule has 0 aliphatic heterocycles. The minimum absolute atomic E-state index is 0.164. The van der Waals surface area contributed by atoms with Crippen molar-refractivity contribution in [3.05, 3.63) is 23.8 Å². The van der Waals surface area contributed by atoms with Crippen molar-refractivity contribution in [3.63, 3.8) is 0 Å². The molecule has 0 aromatic carbocycles. The number of hydrogen-bond donors (Lipinski definition) is 1. The van der Waals surface area contributed by atoms with Gasteiger partial charge in [-0.15, -0.1) is 0 Å². The number of alkyl halides is 3. The quantitative estimate of drug-likeness (QED) is 0.859.